The summed E-state index contributed by atoms with van der Waals surface area (Å²) in [6, 6.07) is 4.08. The molecular formula is C25H33N3O2. The first-order chi connectivity index (χ1) is 14.4. The Hall–Kier alpha value is -2.17. The lowest BCUT2D eigenvalue weighted by atomic mass is 9.47. The molecule has 5 nitrogen and oxygen atoms in total. The van der Waals surface area contributed by atoms with E-state index in [9.17, 15) is 9.59 Å². The summed E-state index contributed by atoms with van der Waals surface area (Å²) in [6.07, 6.45) is 16.3. The molecule has 0 bridgehead atoms. The highest BCUT2D eigenvalue weighted by Gasteiger charge is 2.59. The highest BCUT2D eigenvalue weighted by atomic mass is 16.2. The molecule has 3 saturated carbocycles. The SMILES string of the molecule is CN1C(=O)C=C[C@]2(C)[C@H]3CC[C@]4(CC(=O)Nc5cccnc5)CCC[C@H]4[C@@H]3CC[C@@H]12. The van der Waals surface area contributed by atoms with Crippen molar-refractivity contribution in [3.8, 4) is 0 Å². The smallest absolute Gasteiger partial charge is 0.246 e. The van der Waals surface area contributed by atoms with E-state index in [1.165, 1.54) is 32.1 Å². The molecule has 3 fully saturated rings. The number of pyridine rings is 1. The maximum Gasteiger partial charge on any atom is 0.246 e. The van der Waals surface area contributed by atoms with E-state index in [1.54, 1.807) is 18.5 Å². The monoisotopic (exact) mass is 407 g/mol. The van der Waals surface area contributed by atoms with E-state index in [0.717, 1.165) is 18.5 Å². The number of fused-ring (bicyclic) bond motifs is 5. The third-order valence-corrected chi connectivity index (χ3v) is 9.11. The van der Waals surface area contributed by atoms with Crippen LogP contribution in [0.15, 0.2) is 36.7 Å². The fourth-order valence-corrected chi connectivity index (χ4v) is 7.80. The number of likely N-dealkylation sites (N-methyl/N-ethyl adjacent to an activating group) is 1. The van der Waals surface area contributed by atoms with E-state index in [4.69, 9.17) is 0 Å². The second-order valence-electron chi connectivity index (χ2n) is 10.4. The molecule has 5 heteroatoms. The molecule has 2 amide bonds. The third kappa shape index (κ3) is 3.00. The molecule has 6 atom stereocenters. The zero-order valence-corrected chi connectivity index (χ0v) is 18.1. The van der Waals surface area contributed by atoms with Crippen molar-refractivity contribution in [1.29, 1.82) is 0 Å². The minimum atomic E-state index is 0.0678. The molecule has 5 rings (SSSR count). The van der Waals surface area contributed by atoms with Crippen molar-refractivity contribution in [3.63, 3.8) is 0 Å². The summed E-state index contributed by atoms with van der Waals surface area (Å²) in [4.78, 5) is 31.3. The minimum Gasteiger partial charge on any atom is -0.338 e. The molecule has 0 aromatic carbocycles. The number of carbonyl (C=O) groups excluding carboxylic acids is 2. The summed E-state index contributed by atoms with van der Waals surface area (Å²) in [5.41, 5.74) is 1.00. The van der Waals surface area contributed by atoms with E-state index in [0.29, 0.717) is 30.2 Å². The largest absolute Gasteiger partial charge is 0.338 e. The van der Waals surface area contributed by atoms with Crippen molar-refractivity contribution < 1.29 is 9.59 Å². The Labute approximate surface area is 179 Å². The molecule has 1 aliphatic heterocycles. The first kappa shape index (κ1) is 19.8. The summed E-state index contributed by atoms with van der Waals surface area (Å²) in [6.45, 7) is 2.38. The molecule has 0 radical (unpaired) electrons. The second-order valence-corrected chi connectivity index (χ2v) is 10.4. The van der Waals surface area contributed by atoms with Crippen LogP contribution in [-0.4, -0.2) is 34.8 Å². The van der Waals surface area contributed by atoms with Crippen molar-refractivity contribution in [2.75, 3.05) is 12.4 Å². The number of rotatable bonds is 3. The van der Waals surface area contributed by atoms with Gasteiger partial charge in [-0.15, -0.1) is 0 Å². The Morgan fingerprint density at radius 1 is 1.23 bits per heavy atom. The van der Waals surface area contributed by atoms with Gasteiger partial charge in [-0.05, 0) is 79.9 Å². The molecular weight excluding hydrogens is 374 g/mol. The van der Waals surface area contributed by atoms with Crippen molar-refractivity contribution in [2.45, 2.75) is 64.3 Å². The number of hydrogen-bond acceptors (Lipinski definition) is 3. The number of amides is 2. The third-order valence-electron chi connectivity index (χ3n) is 9.11. The predicted molar refractivity (Wildman–Crippen MR) is 117 cm³/mol. The van der Waals surface area contributed by atoms with Crippen LogP contribution in [-0.2, 0) is 9.59 Å². The van der Waals surface area contributed by atoms with Crippen molar-refractivity contribution in [1.82, 2.24) is 9.88 Å². The van der Waals surface area contributed by atoms with E-state index in [1.807, 2.05) is 24.1 Å². The number of anilines is 1. The summed E-state index contributed by atoms with van der Waals surface area (Å²) in [5.74, 6) is 2.19. The summed E-state index contributed by atoms with van der Waals surface area (Å²) in [5, 5.41) is 3.08. The molecule has 1 aromatic heterocycles. The van der Waals surface area contributed by atoms with Crippen LogP contribution in [0.4, 0.5) is 5.69 Å². The molecule has 4 aliphatic rings. The van der Waals surface area contributed by atoms with Gasteiger partial charge < -0.3 is 10.2 Å². The van der Waals surface area contributed by atoms with Crippen LogP contribution in [0, 0.1) is 28.6 Å². The van der Waals surface area contributed by atoms with Crippen LogP contribution in [0.25, 0.3) is 0 Å². The van der Waals surface area contributed by atoms with Gasteiger partial charge >= 0.3 is 0 Å². The maximum absolute atomic E-state index is 13.0. The van der Waals surface area contributed by atoms with Gasteiger partial charge in [0.2, 0.25) is 11.8 Å². The topological polar surface area (TPSA) is 62.3 Å². The van der Waals surface area contributed by atoms with Crippen LogP contribution in [0.2, 0.25) is 0 Å². The van der Waals surface area contributed by atoms with E-state index < -0.39 is 0 Å². The highest BCUT2D eigenvalue weighted by Crippen LogP contribution is 2.65. The summed E-state index contributed by atoms with van der Waals surface area (Å²) >= 11 is 0. The molecule has 2 heterocycles. The van der Waals surface area contributed by atoms with Gasteiger partial charge in [0.25, 0.3) is 0 Å². The van der Waals surface area contributed by atoms with Gasteiger partial charge in [0.15, 0.2) is 0 Å². The van der Waals surface area contributed by atoms with Crippen LogP contribution < -0.4 is 5.32 Å². The van der Waals surface area contributed by atoms with Crippen LogP contribution in [0.3, 0.4) is 0 Å². The van der Waals surface area contributed by atoms with E-state index >= 15 is 0 Å². The average Bonchev–Trinajstić information content (AvgIpc) is 3.15. The minimum absolute atomic E-state index is 0.0678. The van der Waals surface area contributed by atoms with Gasteiger partial charge in [-0.3, -0.25) is 14.6 Å². The Bertz CT molecular complexity index is 868. The number of carbonyl (C=O) groups is 2. The molecule has 1 N–H and O–H groups in total. The van der Waals surface area contributed by atoms with Gasteiger partial charge in [-0.1, -0.05) is 19.4 Å². The van der Waals surface area contributed by atoms with Crippen molar-refractivity contribution in [3.05, 3.63) is 36.7 Å². The molecule has 3 aliphatic carbocycles. The molecule has 30 heavy (non-hydrogen) atoms. The fourth-order valence-electron chi connectivity index (χ4n) is 7.80. The predicted octanol–water partition coefficient (Wildman–Crippen LogP) is 4.42. The normalized spacial score (nSPS) is 39.8. The lowest BCUT2D eigenvalue weighted by molar-refractivity contribution is -0.140. The van der Waals surface area contributed by atoms with Crippen molar-refractivity contribution in [2.24, 2.45) is 28.6 Å². The van der Waals surface area contributed by atoms with E-state index in [-0.39, 0.29) is 22.6 Å². The zero-order valence-electron chi connectivity index (χ0n) is 18.1. The maximum atomic E-state index is 13.0. The molecule has 0 unspecified atom stereocenters. The van der Waals surface area contributed by atoms with E-state index in [2.05, 4.69) is 23.3 Å². The lowest BCUT2D eigenvalue weighted by Crippen LogP contribution is -2.59. The Morgan fingerprint density at radius 2 is 2.10 bits per heavy atom. The highest BCUT2D eigenvalue weighted by molar-refractivity contribution is 5.91. The van der Waals surface area contributed by atoms with Gasteiger partial charge in [0.05, 0.1) is 11.9 Å². The first-order valence-electron chi connectivity index (χ1n) is 11.6. The Balaban J connectivity index is 1.37. The first-order valence-corrected chi connectivity index (χ1v) is 11.6. The summed E-state index contributed by atoms with van der Waals surface area (Å²) in [7, 11) is 1.97. The second kappa shape index (κ2) is 7.21. The quantitative estimate of drug-likeness (QED) is 0.807. The molecule has 160 valence electrons. The number of nitrogens with one attached hydrogen (secondary N) is 1. The van der Waals surface area contributed by atoms with Gasteiger partial charge in [0.1, 0.15) is 0 Å². The Morgan fingerprint density at radius 3 is 2.90 bits per heavy atom. The van der Waals surface area contributed by atoms with Gasteiger partial charge in [-0.25, -0.2) is 0 Å². The number of hydrogen-bond donors (Lipinski definition) is 1. The van der Waals surface area contributed by atoms with Crippen LogP contribution in [0.5, 0.6) is 0 Å². The van der Waals surface area contributed by atoms with Gasteiger partial charge in [-0.2, -0.15) is 0 Å². The van der Waals surface area contributed by atoms with Gasteiger partial charge in [0, 0.05) is 31.1 Å². The lowest BCUT2D eigenvalue weighted by Gasteiger charge is -2.60. The molecule has 0 spiro atoms. The number of aromatic nitrogens is 1. The fraction of sp³-hybridized carbons (Fsp3) is 0.640. The number of nitrogens with zero attached hydrogens (tertiary/aromatic N) is 2. The van der Waals surface area contributed by atoms with Crippen LogP contribution >= 0.6 is 0 Å². The zero-order chi connectivity index (χ0) is 20.9. The average molecular weight is 408 g/mol. The molecule has 0 saturated heterocycles. The summed E-state index contributed by atoms with van der Waals surface area (Å²) < 4.78 is 0. The van der Waals surface area contributed by atoms with Crippen LogP contribution in [0.1, 0.15) is 58.3 Å². The standard InChI is InChI=1S/C25H33N3O2/c1-24-12-10-23(30)28(2)21(24)8-7-18-19(24)9-13-25(11-3-6-20(18)25)15-22(29)27-17-5-4-14-26-16-17/h4-5,10,12,14,16,18-21H,3,6-9,11,13,15H2,1-2H3,(H,27,29)/t18-,19+,20+,21-,24-,25+/m1/s1. The van der Waals surface area contributed by atoms with Crippen molar-refractivity contribution >= 4 is 17.5 Å². The Kier molecular flexibility index (Phi) is 4.75. The molecule has 1 aromatic rings.